The molecular weight excluding hydrogens is 256 g/mol. The van der Waals surface area contributed by atoms with E-state index in [4.69, 9.17) is 9.47 Å². The average Bonchev–Trinajstić information content (AvgIpc) is 2.42. The Balaban J connectivity index is 1.91. The van der Waals surface area contributed by atoms with Gasteiger partial charge in [0.1, 0.15) is 5.75 Å². The highest BCUT2D eigenvalue weighted by molar-refractivity contribution is 6.08. The Bertz CT molecular complexity index is 609. The molecule has 0 heterocycles. The molecule has 102 valence electrons. The summed E-state index contributed by atoms with van der Waals surface area (Å²) in [5.41, 5.74) is 1.19. The third-order valence-electron chi connectivity index (χ3n) is 2.62. The highest BCUT2D eigenvalue weighted by atomic mass is 16.6. The van der Waals surface area contributed by atoms with Crippen molar-refractivity contribution in [3.63, 3.8) is 0 Å². The lowest BCUT2D eigenvalue weighted by molar-refractivity contribution is -0.138. The Morgan fingerprint density at radius 2 is 1.90 bits per heavy atom. The summed E-state index contributed by atoms with van der Waals surface area (Å²) in [6, 6.07) is 8.67. The minimum Gasteiger partial charge on any atom is -0.478 e. The number of ketones is 1. The fraction of sp³-hybridized carbons (Fsp3) is 0.125. The first kappa shape index (κ1) is 13.8. The van der Waals surface area contributed by atoms with Gasteiger partial charge in [0, 0.05) is 5.57 Å². The van der Waals surface area contributed by atoms with Crippen LogP contribution in [-0.2, 0) is 14.3 Å². The van der Waals surface area contributed by atoms with Crippen LogP contribution < -0.4 is 4.74 Å². The van der Waals surface area contributed by atoms with Gasteiger partial charge in [-0.15, -0.1) is 0 Å². The second-order valence-corrected chi connectivity index (χ2v) is 4.32. The first-order valence-corrected chi connectivity index (χ1v) is 6.08. The van der Waals surface area contributed by atoms with Crippen molar-refractivity contribution in [2.75, 3.05) is 6.61 Å². The lowest BCUT2D eigenvalue weighted by Crippen LogP contribution is -2.19. The van der Waals surface area contributed by atoms with E-state index in [1.54, 1.807) is 37.3 Å². The van der Waals surface area contributed by atoms with E-state index in [2.05, 4.69) is 6.58 Å². The predicted molar refractivity (Wildman–Crippen MR) is 74.0 cm³/mol. The molecule has 1 aromatic rings. The molecule has 0 aromatic heterocycles. The molecule has 0 N–H and O–H groups in total. The largest absolute Gasteiger partial charge is 0.478 e. The van der Waals surface area contributed by atoms with Gasteiger partial charge in [-0.25, -0.2) is 4.79 Å². The molecule has 1 aromatic carbocycles. The third-order valence-corrected chi connectivity index (χ3v) is 2.62. The zero-order chi connectivity index (χ0) is 14.5. The molecule has 1 aliphatic carbocycles. The van der Waals surface area contributed by atoms with Crippen molar-refractivity contribution in [2.24, 2.45) is 0 Å². The highest BCUT2D eigenvalue weighted by Crippen LogP contribution is 2.18. The third kappa shape index (κ3) is 3.45. The topological polar surface area (TPSA) is 52.6 Å². The molecule has 0 saturated carbocycles. The minimum absolute atomic E-state index is 0.111. The van der Waals surface area contributed by atoms with E-state index < -0.39 is 5.97 Å². The Hall–Kier alpha value is -2.62. The Labute approximate surface area is 117 Å². The van der Waals surface area contributed by atoms with Crippen molar-refractivity contribution >= 4 is 11.8 Å². The maximum Gasteiger partial charge on any atom is 0.349 e. The van der Waals surface area contributed by atoms with Gasteiger partial charge in [0.05, 0.1) is 0 Å². The van der Waals surface area contributed by atoms with Crippen LogP contribution in [0, 0.1) is 0 Å². The lowest BCUT2D eigenvalue weighted by atomic mass is 10.0. The zero-order valence-corrected chi connectivity index (χ0v) is 11.1. The molecule has 0 radical (unpaired) electrons. The molecule has 0 bridgehead atoms. The molecular formula is C16H14O4. The number of hydrogen-bond donors (Lipinski definition) is 0. The minimum atomic E-state index is -0.567. The maximum absolute atomic E-state index is 11.8. The van der Waals surface area contributed by atoms with Gasteiger partial charge in [-0.1, -0.05) is 24.8 Å². The number of ether oxygens (including phenoxy) is 2. The number of para-hydroxylation sites is 1. The van der Waals surface area contributed by atoms with Gasteiger partial charge < -0.3 is 9.47 Å². The van der Waals surface area contributed by atoms with E-state index in [-0.39, 0.29) is 18.1 Å². The predicted octanol–water partition coefficient (Wildman–Crippen LogP) is 2.58. The van der Waals surface area contributed by atoms with Crippen LogP contribution in [-0.4, -0.2) is 18.4 Å². The first-order chi connectivity index (χ1) is 9.56. The van der Waals surface area contributed by atoms with Crippen molar-refractivity contribution < 1.29 is 19.1 Å². The summed E-state index contributed by atoms with van der Waals surface area (Å²) in [6.07, 6.45) is 3.17. The van der Waals surface area contributed by atoms with Crippen LogP contribution >= 0.6 is 0 Å². The second kappa shape index (κ2) is 6.02. The number of carbonyl (C=O) groups excluding carboxylic acids is 2. The van der Waals surface area contributed by atoms with Crippen LogP contribution in [0.4, 0.5) is 0 Å². The number of allylic oxidation sites excluding steroid dienone is 4. The zero-order valence-electron chi connectivity index (χ0n) is 11.1. The van der Waals surface area contributed by atoms with Crippen LogP contribution in [0.1, 0.15) is 6.92 Å². The van der Waals surface area contributed by atoms with Gasteiger partial charge in [-0.05, 0) is 36.8 Å². The standard InChI is InChI=1S/C16H14O4/c1-11-8-12(2)16(18)14(9-11)19-10-15(17)20-13-6-4-3-5-7-13/h3-9H,1,10H2,2H3. The molecule has 0 atom stereocenters. The molecule has 2 rings (SSSR count). The van der Waals surface area contributed by atoms with Gasteiger partial charge in [-0.3, -0.25) is 4.79 Å². The van der Waals surface area contributed by atoms with Crippen LogP contribution in [0.25, 0.3) is 0 Å². The van der Waals surface area contributed by atoms with Crippen molar-refractivity contribution in [1.29, 1.82) is 0 Å². The average molecular weight is 270 g/mol. The first-order valence-electron chi connectivity index (χ1n) is 6.08. The Morgan fingerprint density at radius 1 is 1.20 bits per heavy atom. The summed E-state index contributed by atoms with van der Waals surface area (Å²) < 4.78 is 10.3. The highest BCUT2D eigenvalue weighted by Gasteiger charge is 2.19. The summed E-state index contributed by atoms with van der Waals surface area (Å²) >= 11 is 0. The lowest BCUT2D eigenvalue weighted by Gasteiger charge is -2.13. The molecule has 4 nitrogen and oxygen atoms in total. The van der Waals surface area contributed by atoms with Gasteiger partial charge in [0.25, 0.3) is 0 Å². The molecule has 4 heteroatoms. The number of esters is 1. The van der Waals surface area contributed by atoms with E-state index in [0.717, 1.165) is 0 Å². The summed E-state index contributed by atoms with van der Waals surface area (Å²) in [5, 5.41) is 0. The quantitative estimate of drug-likeness (QED) is 0.623. The van der Waals surface area contributed by atoms with Crippen molar-refractivity contribution in [3.05, 3.63) is 66.0 Å². The SMILES string of the molecule is C=C1C=C(C)C(=O)C(OCC(=O)Oc2ccccc2)=C1. The van der Waals surface area contributed by atoms with Crippen LogP contribution in [0.5, 0.6) is 5.75 Å². The molecule has 0 aliphatic heterocycles. The number of hydrogen-bond acceptors (Lipinski definition) is 4. The van der Waals surface area contributed by atoms with Gasteiger partial charge in [0.2, 0.25) is 5.78 Å². The van der Waals surface area contributed by atoms with Crippen LogP contribution in [0.2, 0.25) is 0 Å². The smallest absolute Gasteiger partial charge is 0.349 e. The van der Waals surface area contributed by atoms with E-state index >= 15 is 0 Å². The molecule has 0 spiro atoms. The maximum atomic E-state index is 11.8. The van der Waals surface area contributed by atoms with E-state index in [0.29, 0.717) is 16.9 Å². The molecule has 0 saturated heterocycles. The van der Waals surface area contributed by atoms with E-state index in [9.17, 15) is 9.59 Å². The summed E-state index contributed by atoms with van der Waals surface area (Å²) in [4.78, 5) is 23.4. The number of rotatable bonds is 4. The van der Waals surface area contributed by atoms with Crippen molar-refractivity contribution in [1.82, 2.24) is 0 Å². The van der Waals surface area contributed by atoms with Gasteiger partial charge in [-0.2, -0.15) is 0 Å². The summed E-state index contributed by atoms with van der Waals surface area (Å²) in [7, 11) is 0. The van der Waals surface area contributed by atoms with Crippen LogP contribution in [0.15, 0.2) is 66.0 Å². The normalized spacial score (nSPS) is 14.4. The molecule has 0 amide bonds. The van der Waals surface area contributed by atoms with E-state index in [1.165, 1.54) is 6.08 Å². The molecule has 1 aliphatic rings. The van der Waals surface area contributed by atoms with Crippen molar-refractivity contribution in [3.8, 4) is 5.75 Å². The fourth-order valence-corrected chi connectivity index (χ4v) is 1.71. The van der Waals surface area contributed by atoms with Gasteiger partial charge in [0.15, 0.2) is 12.4 Å². The number of benzene rings is 1. The molecule has 0 unspecified atom stereocenters. The van der Waals surface area contributed by atoms with E-state index in [1.807, 2.05) is 6.07 Å². The Kier molecular flexibility index (Phi) is 4.15. The molecule has 20 heavy (non-hydrogen) atoms. The number of carbonyl (C=O) groups is 2. The molecule has 0 fully saturated rings. The summed E-state index contributed by atoms with van der Waals surface area (Å²) in [5.74, 6) is -0.266. The monoisotopic (exact) mass is 270 g/mol. The van der Waals surface area contributed by atoms with Gasteiger partial charge >= 0.3 is 5.97 Å². The second-order valence-electron chi connectivity index (χ2n) is 4.32. The summed E-state index contributed by atoms with van der Waals surface area (Å²) in [6.45, 7) is 5.09. The Morgan fingerprint density at radius 3 is 2.60 bits per heavy atom. The van der Waals surface area contributed by atoms with Crippen molar-refractivity contribution in [2.45, 2.75) is 6.92 Å². The number of Topliss-reactive ketones (excluding diaryl/α,β-unsaturated/α-hetero) is 1. The van der Waals surface area contributed by atoms with Crippen LogP contribution in [0.3, 0.4) is 0 Å². The fourth-order valence-electron chi connectivity index (χ4n) is 1.71.